The number of methoxy groups -OCH3 is 2. The normalized spacial score (nSPS) is 11.5. The Bertz CT molecular complexity index is 604. The summed E-state index contributed by atoms with van der Waals surface area (Å²) in [5, 5.41) is 26.2. The van der Waals surface area contributed by atoms with Gasteiger partial charge < -0.3 is 15.2 Å². The Balaban J connectivity index is 3.44. The molecule has 1 aromatic carbocycles. The Hall–Kier alpha value is -2.59. The van der Waals surface area contributed by atoms with Crippen LogP contribution in [-0.4, -0.2) is 36.5 Å². The summed E-state index contributed by atoms with van der Waals surface area (Å²) >= 11 is 6.05. The van der Waals surface area contributed by atoms with Gasteiger partial charge >= 0.3 is 0 Å². The van der Waals surface area contributed by atoms with E-state index in [1.807, 2.05) is 0 Å². The Labute approximate surface area is 123 Å². The molecule has 4 N–H and O–H groups in total. The molecule has 0 fully saturated rings. The molecule has 0 aromatic heterocycles. The highest BCUT2D eigenvalue weighted by Crippen LogP contribution is 2.41. The molecule has 0 spiro atoms. The van der Waals surface area contributed by atoms with Gasteiger partial charge in [-0.2, -0.15) is 5.10 Å². The monoisotopic (exact) mass is 317 g/mol. The average Bonchev–Trinajstić information content (AvgIpc) is 2.47. The summed E-state index contributed by atoms with van der Waals surface area (Å²) in [5.74, 6) is -0.180. The number of nitrogens with zero attached hydrogens (tertiary/aromatic N) is 3. The van der Waals surface area contributed by atoms with Crippen LogP contribution in [0, 0.1) is 10.1 Å². The van der Waals surface area contributed by atoms with E-state index in [2.05, 4.69) is 10.2 Å². The summed E-state index contributed by atoms with van der Waals surface area (Å²) in [7, 11) is 2.66. The number of benzene rings is 1. The molecule has 21 heavy (non-hydrogen) atoms. The second kappa shape index (κ2) is 7.26. The summed E-state index contributed by atoms with van der Waals surface area (Å²) < 4.78 is 10.0. The van der Waals surface area contributed by atoms with Crippen LogP contribution in [0.2, 0.25) is 5.02 Å². The van der Waals surface area contributed by atoms with Crippen molar-refractivity contribution < 1.29 is 19.6 Å². The van der Waals surface area contributed by atoms with Crippen LogP contribution >= 0.6 is 11.6 Å². The maximum Gasteiger partial charge on any atom is 0.283 e. The lowest BCUT2D eigenvalue weighted by Gasteiger charge is -2.11. The average molecular weight is 318 g/mol. The highest BCUT2D eigenvalue weighted by molar-refractivity contribution is 6.35. The highest BCUT2D eigenvalue weighted by Gasteiger charge is 2.24. The van der Waals surface area contributed by atoms with Gasteiger partial charge in [0.1, 0.15) is 5.02 Å². The number of nitro groups is 1. The van der Waals surface area contributed by atoms with Crippen LogP contribution in [-0.2, 0) is 0 Å². The number of hydroxylamine groups is 1. The lowest BCUT2D eigenvalue weighted by molar-refractivity contribution is -0.385. The maximum absolute atomic E-state index is 11.1. The van der Waals surface area contributed by atoms with Crippen molar-refractivity contribution in [3.63, 3.8) is 0 Å². The Morgan fingerprint density at radius 1 is 1.57 bits per heavy atom. The molecule has 0 saturated carbocycles. The van der Waals surface area contributed by atoms with Gasteiger partial charge in [-0.3, -0.25) is 15.3 Å². The van der Waals surface area contributed by atoms with Gasteiger partial charge in [-0.1, -0.05) is 11.6 Å². The topological polar surface area (TPSA) is 145 Å². The summed E-state index contributed by atoms with van der Waals surface area (Å²) in [6.07, 6.45) is 1.01. The van der Waals surface area contributed by atoms with Gasteiger partial charge in [-0.15, -0.1) is 5.10 Å². The van der Waals surface area contributed by atoms with E-state index in [0.717, 1.165) is 12.3 Å². The SMILES string of the molecule is COc1cc([N+](=O)[O-])c(C=NN=C(N)NO)c(Cl)c1OC. The van der Waals surface area contributed by atoms with Gasteiger partial charge in [0.15, 0.2) is 11.5 Å². The molecule has 1 aromatic rings. The molecule has 0 aliphatic heterocycles. The van der Waals surface area contributed by atoms with E-state index in [1.54, 1.807) is 5.48 Å². The predicted octanol–water partition coefficient (Wildman–Crippen LogP) is 0.893. The summed E-state index contributed by atoms with van der Waals surface area (Å²) in [5.41, 5.74) is 6.28. The summed E-state index contributed by atoms with van der Waals surface area (Å²) in [6, 6.07) is 1.14. The number of rotatable bonds is 5. The van der Waals surface area contributed by atoms with Crippen molar-refractivity contribution in [2.45, 2.75) is 0 Å². The number of guanidine groups is 1. The number of nitrogens with two attached hydrogens (primary N) is 1. The predicted molar refractivity (Wildman–Crippen MR) is 75.3 cm³/mol. The third-order valence-corrected chi connectivity index (χ3v) is 2.67. The maximum atomic E-state index is 11.1. The van der Waals surface area contributed by atoms with Gasteiger partial charge in [-0.05, 0) is 0 Å². The van der Waals surface area contributed by atoms with Crippen LogP contribution in [0.1, 0.15) is 5.56 Å². The van der Waals surface area contributed by atoms with Crippen LogP contribution in [0.25, 0.3) is 0 Å². The number of nitro benzene ring substituents is 1. The zero-order valence-electron chi connectivity index (χ0n) is 11.0. The molecular weight excluding hydrogens is 306 g/mol. The first-order valence-corrected chi connectivity index (χ1v) is 5.69. The minimum Gasteiger partial charge on any atom is -0.493 e. The largest absolute Gasteiger partial charge is 0.493 e. The minimum absolute atomic E-state index is 0.0474. The third kappa shape index (κ3) is 3.70. The van der Waals surface area contributed by atoms with Crippen molar-refractivity contribution in [2.75, 3.05) is 14.2 Å². The fourth-order valence-corrected chi connectivity index (χ4v) is 1.71. The van der Waals surface area contributed by atoms with E-state index >= 15 is 0 Å². The Morgan fingerprint density at radius 2 is 2.24 bits per heavy atom. The highest BCUT2D eigenvalue weighted by atomic mass is 35.5. The van der Waals surface area contributed by atoms with E-state index in [0.29, 0.717) is 0 Å². The molecule has 0 unspecified atom stereocenters. The number of halogens is 1. The van der Waals surface area contributed by atoms with Gasteiger partial charge in [0, 0.05) is 0 Å². The summed E-state index contributed by atoms with van der Waals surface area (Å²) in [6.45, 7) is 0. The van der Waals surface area contributed by atoms with Crippen molar-refractivity contribution in [3.05, 3.63) is 26.8 Å². The van der Waals surface area contributed by atoms with Crippen LogP contribution in [0.3, 0.4) is 0 Å². The van der Waals surface area contributed by atoms with E-state index in [1.165, 1.54) is 14.2 Å². The molecule has 10 nitrogen and oxygen atoms in total. The van der Waals surface area contributed by atoms with Gasteiger partial charge in [0.25, 0.3) is 5.69 Å². The smallest absolute Gasteiger partial charge is 0.283 e. The van der Waals surface area contributed by atoms with E-state index < -0.39 is 10.9 Å². The van der Waals surface area contributed by atoms with Gasteiger partial charge in [0.05, 0.1) is 37.0 Å². The number of hydrogen-bond acceptors (Lipinski definition) is 7. The number of hydrogen-bond donors (Lipinski definition) is 3. The molecular formula is C10H12ClN5O5. The fourth-order valence-electron chi connectivity index (χ4n) is 1.40. The zero-order chi connectivity index (χ0) is 16.0. The first-order valence-electron chi connectivity index (χ1n) is 5.31. The minimum atomic E-state index is -0.660. The zero-order valence-corrected chi connectivity index (χ0v) is 11.8. The quantitative estimate of drug-likeness (QED) is 0.316. The number of nitrogens with one attached hydrogen (secondary N) is 1. The lowest BCUT2D eigenvalue weighted by Crippen LogP contribution is -2.27. The van der Waals surface area contributed by atoms with Crippen LogP contribution < -0.4 is 20.7 Å². The second-order valence-corrected chi connectivity index (χ2v) is 3.84. The van der Waals surface area contributed by atoms with E-state index in [-0.39, 0.29) is 27.8 Å². The van der Waals surface area contributed by atoms with Crippen molar-refractivity contribution >= 4 is 29.5 Å². The molecule has 0 amide bonds. The molecule has 114 valence electrons. The first kappa shape index (κ1) is 16.5. The number of ether oxygens (including phenoxy) is 2. The molecule has 1 rings (SSSR count). The van der Waals surface area contributed by atoms with Crippen molar-refractivity contribution in [3.8, 4) is 11.5 Å². The summed E-state index contributed by atoms with van der Waals surface area (Å²) in [4.78, 5) is 10.4. The van der Waals surface area contributed by atoms with Crippen molar-refractivity contribution in [1.82, 2.24) is 5.48 Å². The lowest BCUT2D eigenvalue weighted by atomic mass is 10.1. The van der Waals surface area contributed by atoms with Crippen molar-refractivity contribution in [2.24, 2.45) is 15.9 Å². The van der Waals surface area contributed by atoms with Crippen LogP contribution in [0.4, 0.5) is 5.69 Å². The molecule has 0 atom stereocenters. The second-order valence-electron chi connectivity index (χ2n) is 3.46. The first-order chi connectivity index (χ1) is 9.96. The third-order valence-electron chi connectivity index (χ3n) is 2.29. The molecule has 0 heterocycles. The van der Waals surface area contributed by atoms with E-state index in [4.69, 9.17) is 32.0 Å². The molecule has 0 saturated heterocycles. The molecule has 11 heteroatoms. The van der Waals surface area contributed by atoms with Gasteiger partial charge in [-0.25, -0.2) is 5.48 Å². The van der Waals surface area contributed by atoms with Crippen molar-refractivity contribution in [1.29, 1.82) is 0 Å². The fraction of sp³-hybridized carbons (Fsp3) is 0.200. The molecule has 0 aliphatic carbocycles. The van der Waals surface area contributed by atoms with Crippen LogP contribution in [0.5, 0.6) is 11.5 Å². The van der Waals surface area contributed by atoms with Gasteiger partial charge in [0.2, 0.25) is 5.96 Å². The standard InChI is InChI=1S/C10H12ClN5O5/c1-20-7-3-6(16(18)19)5(8(11)9(7)21-2)4-13-14-10(12)15-17/h3-4,17H,1-2H3,(H3,12,14,15). The Morgan fingerprint density at radius 3 is 2.71 bits per heavy atom. The molecule has 0 aliphatic rings. The van der Waals surface area contributed by atoms with Crippen LogP contribution in [0.15, 0.2) is 16.3 Å². The molecule has 0 radical (unpaired) electrons. The Kier molecular flexibility index (Phi) is 5.69. The molecule has 0 bridgehead atoms. The van der Waals surface area contributed by atoms with E-state index in [9.17, 15) is 10.1 Å².